The van der Waals surface area contributed by atoms with Gasteiger partial charge in [-0.05, 0) is 18.2 Å². The Hall–Kier alpha value is -1.68. The van der Waals surface area contributed by atoms with E-state index in [1.165, 1.54) is 12.1 Å². The molecule has 1 rings (SSSR count). The van der Waals surface area contributed by atoms with E-state index in [-0.39, 0.29) is 12.2 Å². The van der Waals surface area contributed by atoms with Crippen LogP contribution in [0.25, 0.3) is 0 Å². The molecule has 0 heterocycles. The summed E-state index contributed by atoms with van der Waals surface area (Å²) in [5.41, 5.74) is 0.845. The summed E-state index contributed by atoms with van der Waals surface area (Å²) < 4.78 is 13.2. The van der Waals surface area contributed by atoms with E-state index in [2.05, 4.69) is 6.58 Å². The summed E-state index contributed by atoms with van der Waals surface area (Å²) in [5.74, 6) is -0.466. The van der Waals surface area contributed by atoms with Gasteiger partial charge in [0, 0.05) is 24.3 Å². The fourth-order valence-electron chi connectivity index (χ4n) is 1.45. The van der Waals surface area contributed by atoms with E-state index in [1.807, 2.05) is 0 Å². The highest BCUT2D eigenvalue weighted by Crippen LogP contribution is 2.17. The number of halogens is 1. The molecule has 0 aliphatic rings. The lowest BCUT2D eigenvalue weighted by Gasteiger charge is -2.22. The standard InChI is InChI=1S/C12H14FNO2/c1-2-3-14(4-5-15)12-7-10(9-16)6-11(13)8-12/h2,6-9,15H,1,3-5H2. The molecule has 0 radical (unpaired) electrons. The lowest BCUT2D eigenvalue weighted by Crippen LogP contribution is -2.26. The Kier molecular flexibility index (Phi) is 4.66. The third-order valence-electron chi connectivity index (χ3n) is 2.13. The number of anilines is 1. The number of nitrogens with zero attached hydrogens (tertiary/aromatic N) is 1. The zero-order chi connectivity index (χ0) is 12.0. The molecule has 1 aromatic carbocycles. The zero-order valence-electron chi connectivity index (χ0n) is 8.90. The van der Waals surface area contributed by atoms with Crippen molar-refractivity contribution in [2.45, 2.75) is 0 Å². The van der Waals surface area contributed by atoms with E-state index in [4.69, 9.17) is 5.11 Å². The van der Waals surface area contributed by atoms with Gasteiger partial charge >= 0.3 is 0 Å². The predicted octanol–water partition coefficient (Wildman–Crippen LogP) is 1.62. The maximum atomic E-state index is 13.2. The molecule has 86 valence electrons. The van der Waals surface area contributed by atoms with E-state index in [0.717, 1.165) is 0 Å². The monoisotopic (exact) mass is 223 g/mol. The van der Waals surface area contributed by atoms with Gasteiger partial charge in [0.05, 0.1) is 6.61 Å². The van der Waals surface area contributed by atoms with Gasteiger partial charge in [-0.1, -0.05) is 6.08 Å². The fraction of sp³-hybridized carbons (Fsp3) is 0.250. The second-order valence-electron chi connectivity index (χ2n) is 3.32. The van der Waals surface area contributed by atoms with Crippen LogP contribution in [0.2, 0.25) is 0 Å². The van der Waals surface area contributed by atoms with Crippen molar-refractivity contribution in [2.24, 2.45) is 0 Å². The summed E-state index contributed by atoms with van der Waals surface area (Å²) in [6.45, 7) is 4.40. The molecule has 0 aliphatic heterocycles. The molecule has 0 atom stereocenters. The molecule has 0 saturated heterocycles. The Morgan fingerprint density at radius 1 is 1.44 bits per heavy atom. The van der Waals surface area contributed by atoms with Crippen molar-refractivity contribution in [1.29, 1.82) is 0 Å². The Balaban J connectivity index is 3.02. The van der Waals surface area contributed by atoms with Crippen molar-refractivity contribution < 1.29 is 14.3 Å². The Labute approximate surface area is 93.8 Å². The minimum Gasteiger partial charge on any atom is -0.395 e. The highest BCUT2D eigenvalue weighted by molar-refractivity contribution is 5.77. The van der Waals surface area contributed by atoms with Crippen LogP contribution in [0.5, 0.6) is 0 Å². The van der Waals surface area contributed by atoms with Gasteiger partial charge in [-0.2, -0.15) is 0 Å². The topological polar surface area (TPSA) is 40.5 Å². The fourth-order valence-corrected chi connectivity index (χ4v) is 1.45. The molecule has 1 N–H and O–H groups in total. The summed E-state index contributed by atoms with van der Waals surface area (Å²) in [6, 6.07) is 4.07. The number of aldehydes is 1. The number of benzene rings is 1. The van der Waals surface area contributed by atoms with Crippen molar-refractivity contribution in [3.05, 3.63) is 42.2 Å². The molecule has 0 aliphatic carbocycles. The quantitative estimate of drug-likeness (QED) is 0.588. The molecule has 0 amide bonds. The van der Waals surface area contributed by atoms with Crippen molar-refractivity contribution in [1.82, 2.24) is 0 Å². The third kappa shape index (κ3) is 3.17. The van der Waals surface area contributed by atoms with E-state index in [9.17, 15) is 9.18 Å². The molecule has 3 nitrogen and oxygen atoms in total. The number of hydrogen-bond acceptors (Lipinski definition) is 3. The third-order valence-corrected chi connectivity index (χ3v) is 2.13. The average Bonchev–Trinajstić information content (AvgIpc) is 2.28. The second-order valence-corrected chi connectivity index (χ2v) is 3.32. The number of aliphatic hydroxyl groups excluding tert-OH is 1. The number of carbonyl (C=O) groups is 1. The molecular formula is C12H14FNO2. The summed E-state index contributed by atoms with van der Waals surface area (Å²) in [4.78, 5) is 12.3. The van der Waals surface area contributed by atoms with Gasteiger partial charge < -0.3 is 10.0 Å². The lowest BCUT2D eigenvalue weighted by molar-refractivity contribution is 0.112. The second kappa shape index (κ2) is 6.02. The smallest absolute Gasteiger partial charge is 0.150 e. The lowest BCUT2D eigenvalue weighted by atomic mass is 10.2. The number of rotatable bonds is 6. The summed E-state index contributed by atoms with van der Waals surface area (Å²) in [5, 5.41) is 8.88. The van der Waals surface area contributed by atoms with Crippen LogP contribution < -0.4 is 4.90 Å². The molecular weight excluding hydrogens is 209 g/mol. The van der Waals surface area contributed by atoms with Crippen LogP contribution in [0.15, 0.2) is 30.9 Å². The van der Waals surface area contributed by atoms with Gasteiger partial charge in [0.15, 0.2) is 0 Å². The first kappa shape index (κ1) is 12.4. The Bertz CT molecular complexity index is 379. The van der Waals surface area contributed by atoms with Crippen LogP contribution in [0.4, 0.5) is 10.1 Å². The van der Waals surface area contributed by atoms with E-state index >= 15 is 0 Å². The van der Waals surface area contributed by atoms with E-state index in [1.54, 1.807) is 17.0 Å². The van der Waals surface area contributed by atoms with Crippen LogP contribution in [-0.2, 0) is 0 Å². The number of hydrogen-bond donors (Lipinski definition) is 1. The highest BCUT2D eigenvalue weighted by atomic mass is 19.1. The molecule has 0 saturated carbocycles. The molecule has 0 spiro atoms. The molecule has 1 aromatic rings. The van der Waals surface area contributed by atoms with Gasteiger partial charge in [0.2, 0.25) is 0 Å². The SMILES string of the molecule is C=CCN(CCO)c1cc(F)cc(C=O)c1. The average molecular weight is 223 g/mol. The van der Waals surface area contributed by atoms with Gasteiger partial charge in [-0.15, -0.1) is 6.58 Å². The highest BCUT2D eigenvalue weighted by Gasteiger charge is 2.07. The summed E-state index contributed by atoms with van der Waals surface area (Å²) >= 11 is 0. The van der Waals surface area contributed by atoms with Crippen LogP contribution in [0, 0.1) is 5.82 Å². The first-order valence-corrected chi connectivity index (χ1v) is 4.93. The largest absolute Gasteiger partial charge is 0.395 e. The van der Waals surface area contributed by atoms with Crippen LogP contribution in [0.1, 0.15) is 10.4 Å². The van der Waals surface area contributed by atoms with Gasteiger partial charge in [0.25, 0.3) is 0 Å². The molecule has 0 bridgehead atoms. The van der Waals surface area contributed by atoms with E-state index in [0.29, 0.717) is 25.1 Å². The van der Waals surface area contributed by atoms with Gasteiger partial charge in [0.1, 0.15) is 12.1 Å². The Morgan fingerprint density at radius 3 is 2.75 bits per heavy atom. The van der Waals surface area contributed by atoms with Gasteiger partial charge in [-0.25, -0.2) is 4.39 Å². The minimum atomic E-state index is -0.466. The first-order chi connectivity index (χ1) is 7.71. The van der Waals surface area contributed by atoms with Crippen LogP contribution in [0.3, 0.4) is 0 Å². The molecule has 0 aromatic heterocycles. The first-order valence-electron chi connectivity index (χ1n) is 4.93. The van der Waals surface area contributed by atoms with E-state index < -0.39 is 5.82 Å². The summed E-state index contributed by atoms with van der Waals surface area (Å²) in [6.07, 6.45) is 2.25. The zero-order valence-corrected chi connectivity index (χ0v) is 8.90. The van der Waals surface area contributed by atoms with Crippen molar-refractivity contribution >= 4 is 12.0 Å². The van der Waals surface area contributed by atoms with Crippen molar-refractivity contribution in [2.75, 3.05) is 24.6 Å². The molecule has 0 unspecified atom stereocenters. The number of carbonyl (C=O) groups excluding carboxylic acids is 1. The molecule has 16 heavy (non-hydrogen) atoms. The maximum absolute atomic E-state index is 13.2. The van der Waals surface area contributed by atoms with Crippen LogP contribution >= 0.6 is 0 Å². The van der Waals surface area contributed by atoms with Crippen molar-refractivity contribution in [3.8, 4) is 0 Å². The van der Waals surface area contributed by atoms with Crippen LogP contribution in [-0.4, -0.2) is 31.1 Å². The number of aliphatic hydroxyl groups is 1. The minimum absolute atomic E-state index is 0.0409. The Morgan fingerprint density at radius 2 is 2.19 bits per heavy atom. The van der Waals surface area contributed by atoms with Crippen molar-refractivity contribution in [3.63, 3.8) is 0 Å². The summed E-state index contributed by atoms with van der Waals surface area (Å²) in [7, 11) is 0. The predicted molar refractivity (Wildman–Crippen MR) is 61.3 cm³/mol. The van der Waals surface area contributed by atoms with Gasteiger partial charge in [-0.3, -0.25) is 4.79 Å². The maximum Gasteiger partial charge on any atom is 0.150 e. The molecule has 0 fully saturated rings. The normalized spacial score (nSPS) is 9.88. The molecule has 4 heteroatoms.